The first kappa shape index (κ1) is 19.4. The summed E-state index contributed by atoms with van der Waals surface area (Å²) in [6.45, 7) is 6.16. The molecule has 0 aliphatic heterocycles. The van der Waals surface area contributed by atoms with E-state index in [1.807, 2.05) is 31.2 Å². The van der Waals surface area contributed by atoms with Crippen LogP contribution >= 0.6 is 0 Å². The lowest BCUT2D eigenvalue weighted by atomic mass is 9.96. The Morgan fingerprint density at radius 1 is 1.15 bits per heavy atom. The summed E-state index contributed by atoms with van der Waals surface area (Å²) < 4.78 is 5.16. The Hall–Kier alpha value is -2.89. The summed E-state index contributed by atoms with van der Waals surface area (Å²) in [7, 11) is 1.41. The second-order valence-corrected chi connectivity index (χ2v) is 6.69. The molecule has 26 heavy (non-hydrogen) atoms. The van der Waals surface area contributed by atoms with Gasteiger partial charge in [0.25, 0.3) is 5.69 Å². The Balaban J connectivity index is 2.12. The van der Waals surface area contributed by atoms with Crippen molar-refractivity contribution in [1.29, 1.82) is 0 Å². The van der Waals surface area contributed by atoms with E-state index in [0.29, 0.717) is 11.6 Å². The third kappa shape index (κ3) is 4.81. The maximum atomic E-state index is 12.6. The zero-order valence-electron chi connectivity index (χ0n) is 15.5. The van der Waals surface area contributed by atoms with Crippen LogP contribution in [0.4, 0.5) is 11.4 Å². The molecular weight excluding hydrogens is 332 g/mol. The van der Waals surface area contributed by atoms with Gasteiger partial charge in [0, 0.05) is 6.07 Å². The molecule has 2 rings (SSSR count). The van der Waals surface area contributed by atoms with Gasteiger partial charge in [-0.05, 0) is 36.5 Å². The van der Waals surface area contributed by atoms with Crippen LogP contribution in [0.15, 0.2) is 42.5 Å². The van der Waals surface area contributed by atoms with Crippen molar-refractivity contribution in [2.75, 3.05) is 12.4 Å². The molecule has 2 aromatic rings. The van der Waals surface area contributed by atoms with E-state index in [2.05, 4.69) is 19.2 Å². The molecule has 138 valence electrons. The topological polar surface area (TPSA) is 81.5 Å². The zero-order valence-corrected chi connectivity index (χ0v) is 15.5. The molecule has 0 fully saturated rings. The van der Waals surface area contributed by atoms with Gasteiger partial charge >= 0.3 is 0 Å². The van der Waals surface area contributed by atoms with Crippen molar-refractivity contribution in [3.63, 3.8) is 0 Å². The minimum Gasteiger partial charge on any atom is -0.494 e. The minimum atomic E-state index is -0.505. The third-order valence-corrected chi connectivity index (χ3v) is 4.17. The second kappa shape index (κ2) is 8.47. The Morgan fingerprint density at radius 3 is 2.35 bits per heavy atom. The summed E-state index contributed by atoms with van der Waals surface area (Å²) >= 11 is 0. The molecule has 0 saturated carbocycles. The van der Waals surface area contributed by atoms with Gasteiger partial charge in [0.15, 0.2) is 0 Å². The van der Waals surface area contributed by atoms with Crippen LogP contribution in [0.3, 0.4) is 0 Å². The number of amides is 1. The van der Waals surface area contributed by atoms with Gasteiger partial charge in [-0.3, -0.25) is 14.9 Å². The fraction of sp³-hybridized carbons (Fsp3) is 0.350. The molecule has 1 N–H and O–H groups in total. The van der Waals surface area contributed by atoms with Crippen molar-refractivity contribution >= 4 is 17.3 Å². The molecular formula is C20H24N2O4. The number of ether oxygens (including phenoxy) is 1. The number of carbonyl (C=O) groups is 1. The quantitative estimate of drug-likeness (QED) is 0.583. The molecule has 6 heteroatoms. The number of carbonyl (C=O) groups excluding carboxylic acids is 1. The van der Waals surface area contributed by atoms with Crippen LogP contribution in [0, 0.1) is 16.0 Å². The molecule has 0 heterocycles. The summed E-state index contributed by atoms with van der Waals surface area (Å²) in [6, 6.07) is 12.1. The fourth-order valence-electron chi connectivity index (χ4n) is 2.70. The van der Waals surface area contributed by atoms with E-state index in [4.69, 9.17) is 4.74 Å². The van der Waals surface area contributed by atoms with E-state index in [1.54, 1.807) is 0 Å². The molecule has 0 aromatic heterocycles. The molecule has 0 radical (unpaired) electrons. The van der Waals surface area contributed by atoms with Crippen molar-refractivity contribution in [2.45, 2.75) is 33.1 Å². The molecule has 0 spiro atoms. The lowest BCUT2D eigenvalue weighted by Crippen LogP contribution is -2.19. The average Bonchev–Trinajstić information content (AvgIpc) is 2.61. The van der Waals surface area contributed by atoms with Crippen LogP contribution in [0.25, 0.3) is 0 Å². The van der Waals surface area contributed by atoms with Gasteiger partial charge in [-0.25, -0.2) is 0 Å². The maximum Gasteiger partial charge on any atom is 0.273 e. The molecule has 0 aliphatic carbocycles. The Labute approximate surface area is 153 Å². The first-order chi connectivity index (χ1) is 12.3. The van der Waals surface area contributed by atoms with Gasteiger partial charge < -0.3 is 10.1 Å². The van der Waals surface area contributed by atoms with Crippen molar-refractivity contribution in [3.8, 4) is 5.75 Å². The molecule has 0 saturated heterocycles. The predicted octanol–water partition coefficient (Wildman–Crippen LogP) is 4.54. The minimum absolute atomic E-state index is 0.0892. The average molecular weight is 356 g/mol. The van der Waals surface area contributed by atoms with Crippen molar-refractivity contribution < 1.29 is 14.5 Å². The highest BCUT2D eigenvalue weighted by Gasteiger charge is 2.18. The molecule has 1 amide bonds. The first-order valence-corrected chi connectivity index (χ1v) is 8.54. The molecule has 1 unspecified atom stereocenters. The molecule has 0 aliphatic rings. The molecule has 6 nitrogen and oxygen atoms in total. The summed E-state index contributed by atoms with van der Waals surface area (Å²) in [5, 5.41) is 13.6. The number of benzene rings is 2. The third-order valence-electron chi connectivity index (χ3n) is 4.17. The normalized spacial score (nSPS) is 11.9. The van der Waals surface area contributed by atoms with Gasteiger partial charge in [0.2, 0.25) is 5.91 Å². The zero-order chi connectivity index (χ0) is 19.3. The summed E-state index contributed by atoms with van der Waals surface area (Å²) in [5.41, 5.74) is 2.48. The highest BCUT2D eigenvalue weighted by atomic mass is 16.6. The summed E-state index contributed by atoms with van der Waals surface area (Å²) in [5.74, 6) is 0.278. The van der Waals surface area contributed by atoms with E-state index in [9.17, 15) is 14.9 Å². The lowest BCUT2D eigenvalue weighted by Gasteiger charge is -2.15. The molecule has 1 atom stereocenters. The van der Waals surface area contributed by atoms with Crippen molar-refractivity contribution in [3.05, 3.63) is 63.7 Å². The standard InChI is InChI=1S/C20H24N2O4/c1-13(2)11-15-5-7-16(8-6-15)14(3)20(23)21-18-10-9-17(22(24)25)12-19(18)26-4/h5-10,12-14H,11H2,1-4H3,(H,21,23). The SMILES string of the molecule is COc1cc([N+](=O)[O-])ccc1NC(=O)C(C)c1ccc(CC(C)C)cc1. The number of methoxy groups -OCH3 is 1. The van der Waals surface area contributed by atoms with E-state index in [1.165, 1.54) is 30.9 Å². The second-order valence-electron chi connectivity index (χ2n) is 6.69. The van der Waals surface area contributed by atoms with Crippen molar-refractivity contribution in [2.24, 2.45) is 5.92 Å². The van der Waals surface area contributed by atoms with E-state index in [-0.39, 0.29) is 23.3 Å². The van der Waals surface area contributed by atoms with Crippen LogP contribution in [0.5, 0.6) is 5.75 Å². The summed E-state index contributed by atoms with van der Waals surface area (Å²) in [4.78, 5) is 22.9. The van der Waals surface area contributed by atoms with Crippen LogP contribution in [-0.2, 0) is 11.2 Å². The first-order valence-electron chi connectivity index (χ1n) is 8.54. The highest BCUT2D eigenvalue weighted by molar-refractivity contribution is 5.96. The maximum absolute atomic E-state index is 12.6. The van der Waals surface area contributed by atoms with Crippen molar-refractivity contribution in [1.82, 2.24) is 0 Å². The molecule has 0 bridgehead atoms. The number of non-ortho nitro benzene ring substituents is 1. The van der Waals surface area contributed by atoms with Gasteiger partial charge in [0.05, 0.1) is 29.7 Å². The Bertz CT molecular complexity index is 785. The van der Waals surface area contributed by atoms with E-state index < -0.39 is 4.92 Å². The van der Waals surface area contributed by atoms with E-state index >= 15 is 0 Å². The largest absolute Gasteiger partial charge is 0.494 e. The molecule has 2 aromatic carbocycles. The number of nitro groups is 1. The number of hydrogen-bond donors (Lipinski definition) is 1. The highest BCUT2D eigenvalue weighted by Crippen LogP contribution is 2.30. The number of hydrogen-bond acceptors (Lipinski definition) is 4. The van der Waals surface area contributed by atoms with E-state index in [0.717, 1.165) is 12.0 Å². The Kier molecular flexibility index (Phi) is 6.33. The van der Waals surface area contributed by atoms with Crippen LogP contribution < -0.4 is 10.1 Å². The predicted molar refractivity (Wildman–Crippen MR) is 102 cm³/mol. The summed E-state index contributed by atoms with van der Waals surface area (Å²) in [6.07, 6.45) is 1.00. The lowest BCUT2D eigenvalue weighted by molar-refractivity contribution is -0.384. The van der Waals surface area contributed by atoms with Gasteiger partial charge in [-0.2, -0.15) is 0 Å². The fourth-order valence-corrected chi connectivity index (χ4v) is 2.70. The van der Waals surface area contributed by atoms with Gasteiger partial charge in [-0.1, -0.05) is 38.1 Å². The van der Waals surface area contributed by atoms with Crippen LogP contribution in [0.1, 0.15) is 37.8 Å². The number of nitro benzene ring substituents is 1. The van der Waals surface area contributed by atoms with Crippen LogP contribution in [0.2, 0.25) is 0 Å². The number of nitrogens with one attached hydrogen (secondary N) is 1. The van der Waals surface area contributed by atoms with Gasteiger partial charge in [0.1, 0.15) is 5.75 Å². The van der Waals surface area contributed by atoms with Gasteiger partial charge in [-0.15, -0.1) is 0 Å². The van der Waals surface area contributed by atoms with Crippen LogP contribution in [-0.4, -0.2) is 17.9 Å². The smallest absolute Gasteiger partial charge is 0.273 e. The number of anilines is 1. The number of nitrogens with zero attached hydrogens (tertiary/aromatic N) is 1. The monoisotopic (exact) mass is 356 g/mol. The number of rotatable bonds is 7. The Morgan fingerprint density at radius 2 is 1.81 bits per heavy atom.